The number of rotatable bonds is 6. The predicted molar refractivity (Wildman–Crippen MR) is 89.1 cm³/mol. The van der Waals surface area contributed by atoms with Crippen molar-refractivity contribution in [2.24, 2.45) is 0 Å². The zero-order valence-corrected chi connectivity index (χ0v) is 15.4. The van der Waals surface area contributed by atoms with Crippen LogP contribution in [0, 0.1) is 0 Å². The molecule has 5 nitrogen and oxygen atoms in total. The molecule has 21 heavy (non-hydrogen) atoms. The largest absolute Gasteiger partial charge is 0.339 e. The van der Waals surface area contributed by atoms with Gasteiger partial charge in [-0.2, -0.15) is 4.98 Å². The maximum atomic E-state index is 5.42. The third-order valence-electron chi connectivity index (χ3n) is 3.36. The number of likely N-dealkylation sites (N-methyl/N-ethyl adjacent to an activating group) is 1. The summed E-state index contributed by atoms with van der Waals surface area (Å²) < 4.78 is 7.15. The second-order valence-electron chi connectivity index (χ2n) is 4.80. The van der Waals surface area contributed by atoms with Crippen molar-refractivity contribution in [1.82, 2.24) is 20.4 Å². The molecular formula is C14H18Br2N4O. The normalized spacial score (nSPS) is 14.1. The summed E-state index contributed by atoms with van der Waals surface area (Å²) in [5.41, 5.74) is 0.678. The molecule has 0 radical (unpaired) electrons. The number of hydrogen-bond acceptors (Lipinski definition) is 5. The summed E-state index contributed by atoms with van der Waals surface area (Å²) in [7, 11) is 0. The van der Waals surface area contributed by atoms with Crippen LogP contribution in [0.1, 0.15) is 39.0 Å². The molecular weight excluding hydrogens is 400 g/mol. The van der Waals surface area contributed by atoms with Gasteiger partial charge in [0.05, 0.1) is 5.92 Å². The van der Waals surface area contributed by atoms with Crippen LogP contribution in [0.15, 0.2) is 25.7 Å². The quantitative estimate of drug-likeness (QED) is 0.764. The highest BCUT2D eigenvalue weighted by atomic mass is 79.9. The molecule has 2 aromatic rings. The van der Waals surface area contributed by atoms with Gasteiger partial charge in [-0.25, -0.2) is 0 Å². The van der Waals surface area contributed by atoms with Crippen molar-refractivity contribution in [1.29, 1.82) is 0 Å². The van der Waals surface area contributed by atoms with Gasteiger partial charge in [0.1, 0.15) is 5.69 Å². The lowest BCUT2D eigenvalue weighted by atomic mass is 9.99. The van der Waals surface area contributed by atoms with E-state index in [1.165, 1.54) is 0 Å². The molecule has 0 aliphatic heterocycles. The van der Waals surface area contributed by atoms with Crippen LogP contribution in [0.4, 0.5) is 0 Å². The van der Waals surface area contributed by atoms with E-state index in [0.717, 1.165) is 21.9 Å². The second kappa shape index (κ2) is 7.47. The van der Waals surface area contributed by atoms with E-state index in [-0.39, 0.29) is 5.92 Å². The fourth-order valence-corrected chi connectivity index (χ4v) is 3.37. The van der Waals surface area contributed by atoms with E-state index in [1.807, 2.05) is 6.07 Å². The van der Waals surface area contributed by atoms with Gasteiger partial charge in [-0.3, -0.25) is 4.98 Å². The van der Waals surface area contributed by atoms with Gasteiger partial charge in [0.25, 0.3) is 0 Å². The van der Waals surface area contributed by atoms with E-state index < -0.39 is 0 Å². The van der Waals surface area contributed by atoms with Crippen LogP contribution in [0.25, 0.3) is 11.5 Å². The number of nitrogens with zero attached hydrogens (tertiary/aromatic N) is 3. The lowest BCUT2D eigenvalue weighted by Crippen LogP contribution is -2.33. The summed E-state index contributed by atoms with van der Waals surface area (Å²) in [4.78, 5) is 8.82. The first kappa shape index (κ1) is 16.6. The van der Waals surface area contributed by atoms with Gasteiger partial charge < -0.3 is 9.84 Å². The molecule has 0 bridgehead atoms. The Labute approximate surface area is 141 Å². The predicted octanol–water partition coefficient (Wildman–Crippen LogP) is 4.15. The highest BCUT2D eigenvalue weighted by Gasteiger charge is 2.23. The molecule has 7 heteroatoms. The molecule has 2 rings (SSSR count). The van der Waals surface area contributed by atoms with E-state index in [9.17, 15) is 0 Å². The minimum atomic E-state index is 0.158. The number of halogens is 2. The van der Waals surface area contributed by atoms with Crippen LogP contribution in [0.5, 0.6) is 0 Å². The topological polar surface area (TPSA) is 63.8 Å². The molecule has 0 aliphatic carbocycles. The third kappa shape index (κ3) is 3.90. The van der Waals surface area contributed by atoms with E-state index in [1.54, 1.807) is 6.20 Å². The molecule has 0 saturated heterocycles. The standard InChI is InChI=1S/C14H18Br2N4O/c1-4-11(17-5-2)8(3)14-19-13(20-21-14)12-10(16)6-9(15)7-18-12/h6-8,11,17H,4-5H2,1-3H3. The maximum Gasteiger partial charge on any atom is 0.231 e. The van der Waals surface area contributed by atoms with E-state index in [2.05, 4.69) is 73.1 Å². The summed E-state index contributed by atoms with van der Waals surface area (Å²) in [5.74, 6) is 1.29. The Morgan fingerprint density at radius 2 is 2.10 bits per heavy atom. The smallest absolute Gasteiger partial charge is 0.231 e. The zero-order valence-electron chi connectivity index (χ0n) is 12.2. The summed E-state index contributed by atoms with van der Waals surface area (Å²) in [5, 5.41) is 7.49. The first-order valence-corrected chi connectivity index (χ1v) is 8.53. The Morgan fingerprint density at radius 1 is 1.33 bits per heavy atom. The molecule has 114 valence electrons. The maximum absolute atomic E-state index is 5.42. The monoisotopic (exact) mass is 416 g/mol. The molecule has 0 aromatic carbocycles. The molecule has 2 unspecified atom stereocenters. The first-order valence-electron chi connectivity index (χ1n) is 6.95. The van der Waals surface area contributed by atoms with Gasteiger partial charge >= 0.3 is 0 Å². The van der Waals surface area contributed by atoms with Crippen LogP contribution in [-0.2, 0) is 0 Å². The van der Waals surface area contributed by atoms with Gasteiger partial charge in [-0.1, -0.05) is 25.9 Å². The average molecular weight is 418 g/mol. The summed E-state index contributed by atoms with van der Waals surface area (Å²) in [6, 6.07) is 2.24. The molecule has 0 spiro atoms. The van der Waals surface area contributed by atoms with Gasteiger partial charge in [0.2, 0.25) is 11.7 Å². The lowest BCUT2D eigenvalue weighted by Gasteiger charge is -2.20. The lowest BCUT2D eigenvalue weighted by molar-refractivity contribution is 0.321. The minimum absolute atomic E-state index is 0.158. The molecule has 0 saturated carbocycles. The molecule has 2 heterocycles. The molecule has 1 N–H and O–H groups in total. The van der Waals surface area contributed by atoms with E-state index in [4.69, 9.17) is 4.52 Å². The Balaban J connectivity index is 2.24. The van der Waals surface area contributed by atoms with Crippen LogP contribution in [0.2, 0.25) is 0 Å². The van der Waals surface area contributed by atoms with Crippen molar-refractivity contribution in [3.63, 3.8) is 0 Å². The first-order chi connectivity index (χ1) is 10.1. The van der Waals surface area contributed by atoms with Gasteiger partial charge in [0.15, 0.2) is 0 Å². The van der Waals surface area contributed by atoms with Crippen LogP contribution in [0.3, 0.4) is 0 Å². The Kier molecular flexibility index (Phi) is 5.89. The Bertz CT molecular complexity index is 602. The molecule has 0 aliphatic rings. The molecule has 0 fully saturated rings. The Morgan fingerprint density at radius 3 is 2.71 bits per heavy atom. The van der Waals surface area contributed by atoms with Gasteiger partial charge in [0, 0.05) is 21.2 Å². The van der Waals surface area contributed by atoms with Gasteiger partial charge in [-0.15, -0.1) is 0 Å². The SMILES string of the molecule is CCNC(CC)C(C)c1nc(-c2ncc(Br)cc2Br)no1. The fraction of sp³-hybridized carbons (Fsp3) is 0.500. The summed E-state index contributed by atoms with van der Waals surface area (Å²) >= 11 is 6.85. The number of hydrogen-bond donors (Lipinski definition) is 1. The van der Waals surface area contributed by atoms with Crippen LogP contribution in [-0.4, -0.2) is 27.7 Å². The van der Waals surface area contributed by atoms with Crippen LogP contribution >= 0.6 is 31.9 Å². The minimum Gasteiger partial charge on any atom is -0.339 e. The van der Waals surface area contributed by atoms with Crippen molar-refractivity contribution >= 4 is 31.9 Å². The fourth-order valence-electron chi connectivity index (χ4n) is 2.20. The third-order valence-corrected chi connectivity index (χ3v) is 4.40. The van der Waals surface area contributed by atoms with E-state index in [0.29, 0.717) is 23.5 Å². The number of nitrogens with one attached hydrogen (secondary N) is 1. The highest BCUT2D eigenvalue weighted by molar-refractivity contribution is 9.11. The second-order valence-corrected chi connectivity index (χ2v) is 6.57. The number of aromatic nitrogens is 3. The number of pyridine rings is 1. The molecule has 2 aromatic heterocycles. The van der Waals surface area contributed by atoms with Crippen molar-refractivity contribution in [3.05, 3.63) is 27.1 Å². The Hall–Kier alpha value is -0.790. The van der Waals surface area contributed by atoms with Gasteiger partial charge in [-0.05, 0) is 50.9 Å². The summed E-state index contributed by atoms with van der Waals surface area (Å²) in [6.07, 6.45) is 2.72. The van der Waals surface area contributed by atoms with Crippen molar-refractivity contribution in [3.8, 4) is 11.5 Å². The van der Waals surface area contributed by atoms with Crippen molar-refractivity contribution in [2.45, 2.75) is 39.2 Å². The molecule has 0 amide bonds. The summed E-state index contributed by atoms with van der Waals surface area (Å²) in [6.45, 7) is 7.26. The van der Waals surface area contributed by atoms with Crippen molar-refractivity contribution in [2.75, 3.05) is 6.54 Å². The molecule has 2 atom stereocenters. The van der Waals surface area contributed by atoms with Crippen LogP contribution < -0.4 is 5.32 Å². The van der Waals surface area contributed by atoms with Crippen molar-refractivity contribution < 1.29 is 4.52 Å². The van der Waals surface area contributed by atoms with E-state index >= 15 is 0 Å². The highest BCUT2D eigenvalue weighted by Crippen LogP contribution is 2.28. The zero-order chi connectivity index (χ0) is 15.4. The average Bonchev–Trinajstić information content (AvgIpc) is 2.93.